The van der Waals surface area contributed by atoms with Crippen LogP contribution in [0.25, 0.3) is 0 Å². The van der Waals surface area contributed by atoms with Crippen molar-refractivity contribution in [1.82, 2.24) is 15.1 Å². The van der Waals surface area contributed by atoms with Crippen LogP contribution in [0.15, 0.2) is 30.5 Å². The van der Waals surface area contributed by atoms with E-state index in [1.807, 2.05) is 6.07 Å². The van der Waals surface area contributed by atoms with E-state index >= 15 is 0 Å². The zero-order valence-corrected chi connectivity index (χ0v) is 13.0. The standard InChI is InChI=1S/C15H15ClN4O3/c16-13-8-11(20(22)23)3-4-12(13)15(21)19-7-1-2-10(9-19)14-5-6-17-18-14/h3-6,8,10H,1-2,7,9H2,(H,17,18)/t10-/m0/s1. The first-order valence-electron chi connectivity index (χ1n) is 7.28. The number of nitrogens with one attached hydrogen (secondary N) is 1. The number of rotatable bonds is 3. The molecule has 0 radical (unpaired) electrons. The van der Waals surface area contributed by atoms with Gasteiger partial charge in [0.25, 0.3) is 11.6 Å². The Morgan fingerprint density at radius 2 is 2.26 bits per heavy atom. The Morgan fingerprint density at radius 3 is 2.91 bits per heavy atom. The molecule has 1 N–H and O–H groups in total. The number of nitrogens with zero attached hydrogens (tertiary/aromatic N) is 3. The topological polar surface area (TPSA) is 92.1 Å². The number of likely N-dealkylation sites (tertiary alicyclic amines) is 1. The van der Waals surface area contributed by atoms with Crippen LogP contribution in [0, 0.1) is 10.1 Å². The van der Waals surface area contributed by atoms with E-state index in [9.17, 15) is 14.9 Å². The van der Waals surface area contributed by atoms with Crippen LogP contribution in [-0.2, 0) is 0 Å². The minimum absolute atomic E-state index is 0.105. The van der Waals surface area contributed by atoms with Crippen molar-refractivity contribution in [1.29, 1.82) is 0 Å². The van der Waals surface area contributed by atoms with Gasteiger partial charge in [0, 0.05) is 43.0 Å². The predicted molar refractivity (Wildman–Crippen MR) is 84.6 cm³/mol. The first-order chi connectivity index (χ1) is 11.1. The van der Waals surface area contributed by atoms with E-state index in [0.717, 1.165) is 18.5 Å². The summed E-state index contributed by atoms with van der Waals surface area (Å²) in [6.45, 7) is 1.23. The number of amides is 1. The van der Waals surface area contributed by atoms with Gasteiger partial charge >= 0.3 is 0 Å². The molecule has 3 rings (SSSR count). The Bertz CT molecular complexity index is 732. The Morgan fingerprint density at radius 1 is 1.43 bits per heavy atom. The normalized spacial score (nSPS) is 18.0. The number of carbonyl (C=O) groups excluding carboxylic acids is 1. The summed E-state index contributed by atoms with van der Waals surface area (Å²) < 4.78 is 0. The summed E-state index contributed by atoms with van der Waals surface area (Å²) in [5.41, 5.74) is 1.18. The zero-order valence-electron chi connectivity index (χ0n) is 12.2. The fraction of sp³-hybridized carbons (Fsp3) is 0.333. The number of benzene rings is 1. The molecular formula is C15H15ClN4O3. The SMILES string of the molecule is O=C(c1ccc([N+](=O)[O-])cc1Cl)N1CCC[C@H](c2ccn[nH]2)C1. The lowest BCUT2D eigenvalue weighted by Crippen LogP contribution is -2.39. The monoisotopic (exact) mass is 334 g/mol. The van der Waals surface area contributed by atoms with E-state index < -0.39 is 4.92 Å². The number of non-ortho nitro benzene ring substituents is 1. The van der Waals surface area contributed by atoms with E-state index in [-0.39, 0.29) is 22.5 Å². The fourth-order valence-electron chi connectivity index (χ4n) is 2.87. The molecule has 8 heteroatoms. The van der Waals surface area contributed by atoms with Crippen molar-refractivity contribution in [2.24, 2.45) is 0 Å². The van der Waals surface area contributed by atoms with E-state index in [1.165, 1.54) is 18.2 Å². The van der Waals surface area contributed by atoms with Gasteiger partial charge in [0.15, 0.2) is 0 Å². The third kappa shape index (κ3) is 3.19. The minimum Gasteiger partial charge on any atom is -0.338 e. The van der Waals surface area contributed by atoms with Gasteiger partial charge in [-0.15, -0.1) is 0 Å². The molecule has 1 aliphatic rings. The number of aromatic nitrogens is 2. The first kappa shape index (κ1) is 15.5. The third-order valence-corrected chi connectivity index (χ3v) is 4.38. The molecule has 1 amide bonds. The molecule has 1 aliphatic heterocycles. The Kier molecular flexibility index (Phi) is 4.29. The van der Waals surface area contributed by atoms with Crippen LogP contribution in [0.4, 0.5) is 5.69 Å². The molecule has 0 bridgehead atoms. The van der Waals surface area contributed by atoms with Crippen molar-refractivity contribution in [2.45, 2.75) is 18.8 Å². The molecule has 0 saturated carbocycles. The largest absolute Gasteiger partial charge is 0.338 e. The molecule has 1 atom stereocenters. The van der Waals surface area contributed by atoms with Crippen molar-refractivity contribution in [3.63, 3.8) is 0 Å². The van der Waals surface area contributed by atoms with Crippen molar-refractivity contribution in [3.8, 4) is 0 Å². The summed E-state index contributed by atoms with van der Waals surface area (Å²) in [7, 11) is 0. The molecular weight excluding hydrogens is 320 g/mol. The van der Waals surface area contributed by atoms with Gasteiger partial charge < -0.3 is 4.90 Å². The number of piperidine rings is 1. The van der Waals surface area contributed by atoms with Gasteiger partial charge in [0.05, 0.1) is 15.5 Å². The molecule has 1 saturated heterocycles. The van der Waals surface area contributed by atoms with Crippen LogP contribution in [0.5, 0.6) is 0 Å². The van der Waals surface area contributed by atoms with Crippen molar-refractivity contribution in [3.05, 3.63) is 56.9 Å². The smallest absolute Gasteiger partial charge is 0.270 e. The number of hydrogen-bond donors (Lipinski definition) is 1. The number of nitro groups is 1. The Balaban J connectivity index is 1.78. The molecule has 7 nitrogen and oxygen atoms in total. The maximum absolute atomic E-state index is 12.7. The highest BCUT2D eigenvalue weighted by Crippen LogP contribution is 2.29. The van der Waals surface area contributed by atoms with E-state index in [4.69, 9.17) is 11.6 Å². The molecule has 23 heavy (non-hydrogen) atoms. The second-order valence-electron chi connectivity index (χ2n) is 5.52. The molecule has 0 spiro atoms. The number of halogens is 1. The number of carbonyl (C=O) groups is 1. The highest BCUT2D eigenvalue weighted by molar-refractivity contribution is 6.34. The van der Waals surface area contributed by atoms with Crippen LogP contribution in [0.3, 0.4) is 0 Å². The highest BCUT2D eigenvalue weighted by Gasteiger charge is 2.27. The van der Waals surface area contributed by atoms with Crippen LogP contribution in [0.2, 0.25) is 5.02 Å². The van der Waals surface area contributed by atoms with Gasteiger partial charge in [-0.2, -0.15) is 5.10 Å². The van der Waals surface area contributed by atoms with Gasteiger partial charge in [-0.05, 0) is 25.0 Å². The number of nitro benzene ring substituents is 1. The van der Waals surface area contributed by atoms with E-state index in [1.54, 1.807) is 11.1 Å². The molecule has 2 aromatic rings. The van der Waals surface area contributed by atoms with Crippen molar-refractivity contribution >= 4 is 23.2 Å². The first-order valence-corrected chi connectivity index (χ1v) is 7.66. The maximum Gasteiger partial charge on any atom is 0.270 e. The lowest BCUT2D eigenvalue weighted by Gasteiger charge is -2.32. The predicted octanol–water partition coefficient (Wildman–Crippen LogP) is 2.99. The van der Waals surface area contributed by atoms with Crippen LogP contribution < -0.4 is 0 Å². The van der Waals surface area contributed by atoms with Crippen molar-refractivity contribution < 1.29 is 9.72 Å². The second kappa shape index (κ2) is 6.37. The fourth-order valence-corrected chi connectivity index (χ4v) is 3.13. The number of hydrogen-bond acceptors (Lipinski definition) is 4. The molecule has 2 heterocycles. The average Bonchev–Trinajstić information content (AvgIpc) is 3.08. The zero-order chi connectivity index (χ0) is 16.4. The van der Waals surface area contributed by atoms with Gasteiger partial charge in [0.2, 0.25) is 0 Å². The summed E-state index contributed by atoms with van der Waals surface area (Å²) in [4.78, 5) is 24.6. The van der Waals surface area contributed by atoms with Crippen LogP contribution in [0.1, 0.15) is 34.8 Å². The molecule has 120 valence electrons. The minimum atomic E-state index is -0.532. The quantitative estimate of drug-likeness (QED) is 0.689. The molecule has 0 aliphatic carbocycles. The van der Waals surface area contributed by atoms with Crippen molar-refractivity contribution in [2.75, 3.05) is 13.1 Å². The van der Waals surface area contributed by atoms with E-state index in [0.29, 0.717) is 18.7 Å². The molecule has 1 aromatic heterocycles. The van der Waals surface area contributed by atoms with E-state index in [2.05, 4.69) is 10.2 Å². The molecule has 1 fully saturated rings. The molecule has 0 unspecified atom stereocenters. The van der Waals surface area contributed by atoms with Gasteiger partial charge in [-0.25, -0.2) is 0 Å². The van der Waals surface area contributed by atoms with Crippen LogP contribution in [-0.4, -0.2) is 39.0 Å². The third-order valence-electron chi connectivity index (χ3n) is 4.06. The number of aromatic amines is 1. The lowest BCUT2D eigenvalue weighted by molar-refractivity contribution is -0.384. The van der Waals surface area contributed by atoms with Gasteiger partial charge in [-0.1, -0.05) is 11.6 Å². The van der Waals surface area contributed by atoms with Crippen LogP contribution >= 0.6 is 11.6 Å². The maximum atomic E-state index is 12.7. The summed E-state index contributed by atoms with van der Waals surface area (Å²) in [5, 5.41) is 17.8. The summed E-state index contributed by atoms with van der Waals surface area (Å²) in [6, 6.07) is 5.85. The summed E-state index contributed by atoms with van der Waals surface area (Å²) >= 11 is 6.06. The second-order valence-corrected chi connectivity index (χ2v) is 5.93. The summed E-state index contributed by atoms with van der Waals surface area (Å²) in [6.07, 6.45) is 3.57. The Hall–Kier alpha value is -2.41. The average molecular weight is 335 g/mol. The van der Waals surface area contributed by atoms with Gasteiger partial charge in [0.1, 0.15) is 0 Å². The number of H-pyrrole nitrogens is 1. The lowest BCUT2D eigenvalue weighted by atomic mass is 9.94. The Labute approximate surface area is 137 Å². The van der Waals surface area contributed by atoms with Gasteiger partial charge in [-0.3, -0.25) is 20.0 Å². The molecule has 1 aromatic carbocycles. The summed E-state index contributed by atoms with van der Waals surface area (Å²) in [5.74, 6) is 0.0149. The highest BCUT2D eigenvalue weighted by atomic mass is 35.5.